The van der Waals surface area contributed by atoms with Crippen LogP contribution in [0.25, 0.3) is 0 Å². The average molecular weight is 316 g/mol. The Hall–Kier alpha value is -1.33. The van der Waals surface area contributed by atoms with Crippen molar-refractivity contribution in [2.24, 2.45) is 11.7 Å². The monoisotopic (exact) mass is 316 g/mol. The summed E-state index contributed by atoms with van der Waals surface area (Å²) in [5.74, 6) is -0.737. The van der Waals surface area contributed by atoms with Gasteiger partial charge in [-0.25, -0.2) is 0 Å². The third kappa shape index (κ3) is 4.82. The quantitative estimate of drug-likeness (QED) is 0.568. The molecule has 0 unspecified atom stereocenters. The molecule has 0 aromatic heterocycles. The molecule has 0 amide bonds. The van der Waals surface area contributed by atoms with Crippen LogP contribution in [0.5, 0.6) is 0 Å². The third-order valence-electron chi connectivity index (χ3n) is 5.16. The summed E-state index contributed by atoms with van der Waals surface area (Å²) in [6.45, 7) is 2.80. The largest absolute Gasteiger partial charge is 0.480 e. The predicted molar refractivity (Wildman–Crippen MR) is 96.2 cm³/mol. The molecule has 1 aromatic carbocycles. The van der Waals surface area contributed by atoms with Gasteiger partial charge in [0.1, 0.15) is 13.4 Å². The molecule has 0 radical (unpaired) electrons. The van der Waals surface area contributed by atoms with Crippen LogP contribution in [-0.4, -0.2) is 42.5 Å². The van der Waals surface area contributed by atoms with Gasteiger partial charge in [0.05, 0.1) is 0 Å². The number of piperidine rings is 1. The van der Waals surface area contributed by atoms with Gasteiger partial charge in [0.15, 0.2) is 0 Å². The predicted octanol–water partition coefficient (Wildman–Crippen LogP) is 1.90. The Kier molecular flexibility index (Phi) is 6.66. The Labute approximate surface area is 140 Å². The van der Waals surface area contributed by atoms with Crippen LogP contribution >= 0.6 is 0 Å². The molecule has 0 saturated carbocycles. The number of nitrogens with two attached hydrogens (primary N) is 1. The molecule has 23 heavy (non-hydrogen) atoms. The van der Waals surface area contributed by atoms with Gasteiger partial charge < -0.3 is 10.8 Å². The van der Waals surface area contributed by atoms with Crippen molar-refractivity contribution >= 4 is 13.8 Å². The number of rotatable bonds is 8. The van der Waals surface area contributed by atoms with E-state index in [0.717, 1.165) is 51.6 Å². The highest BCUT2D eigenvalue weighted by Gasteiger charge is 2.42. The number of hydrogen-bond acceptors (Lipinski definition) is 3. The number of aliphatic carboxylic acids is 1. The maximum atomic E-state index is 11.7. The van der Waals surface area contributed by atoms with Gasteiger partial charge in [-0.1, -0.05) is 49.5 Å². The van der Waals surface area contributed by atoms with Gasteiger partial charge in [0, 0.05) is 6.54 Å². The Balaban J connectivity index is 1.89. The molecule has 1 heterocycles. The van der Waals surface area contributed by atoms with Gasteiger partial charge in [-0.05, 0) is 43.8 Å². The van der Waals surface area contributed by atoms with Gasteiger partial charge in [-0.3, -0.25) is 9.69 Å². The number of carbonyl (C=O) groups is 1. The summed E-state index contributed by atoms with van der Waals surface area (Å²) in [7, 11) is 2.13. The highest BCUT2D eigenvalue weighted by atomic mass is 16.4. The van der Waals surface area contributed by atoms with Gasteiger partial charge in [-0.15, -0.1) is 0 Å². The highest BCUT2D eigenvalue weighted by Crippen LogP contribution is 2.31. The van der Waals surface area contributed by atoms with Crippen molar-refractivity contribution in [3.63, 3.8) is 0 Å². The molecule has 1 aliphatic heterocycles. The molecule has 4 nitrogen and oxygen atoms in total. The minimum atomic E-state index is -1.05. The summed E-state index contributed by atoms with van der Waals surface area (Å²) in [5.41, 5.74) is 6.60. The van der Waals surface area contributed by atoms with Crippen LogP contribution < -0.4 is 5.73 Å². The Morgan fingerprint density at radius 2 is 1.91 bits per heavy atom. The van der Waals surface area contributed by atoms with Crippen molar-refractivity contribution in [2.75, 3.05) is 13.1 Å². The van der Waals surface area contributed by atoms with Crippen LogP contribution in [0.3, 0.4) is 0 Å². The van der Waals surface area contributed by atoms with Gasteiger partial charge >= 0.3 is 5.97 Å². The third-order valence-corrected chi connectivity index (χ3v) is 5.16. The number of carboxylic acid groups (broad SMARTS) is 1. The van der Waals surface area contributed by atoms with E-state index in [0.29, 0.717) is 6.42 Å². The molecular weight excluding hydrogens is 287 g/mol. The molecular formula is C18H29BN2O2. The van der Waals surface area contributed by atoms with Gasteiger partial charge in [-0.2, -0.15) is 0 Å². The molecule has 1 aromatic rings. The van der Waals surface area contributed by atoms with E-state index in [9.17, 15) is 9.90 Å². The molecule has 3 N–H and O–H groups in total. The summed E-state index contributed by atoms with van der Waals surface area (Å²) in [6.07, 6.45) is 5.40. The minimum absolute atomic E-state index is 0.0869. The summed E-state index contributed by atoms with van der Waals surface area (Å²) < 4.78 is 0. The van der Waals surface area contributed by atoms with E-state index in [1.54, 1.807) is 0 Å². The lowest BCUT2D eigenvalue weighted by Gasteiger charge is -2.40. The van der Waals surface area contributed by atoms with Crippen LogP contribution in [0, 0.1) is 5.92 Å². The smallest absolute Gasteiger partial charge is 0.323 e. The minimum Gasteiger partial charge on any atom is -0.480 e. The lowest BCUT2D eigenvalue weighted by Crippen LogP contribution is -2.56. The summed E-state index contributed by atoms with van der Waals surface area (Å²) in [4.78, 5) is 14.2. The maximum Gasteiger partial charge on any atom is 0.323 e. The van der Waals surface area contributed by atoms with Crippen LogP contribution in [0.2, 0.25) is 6.32 Å². The first kappa shape index (κ1) is 18.0. The van der Waals surface area contributed by atoms with E-state index >= 15 is 0 Å². The molecule has 126 valence electrons. The average Bonchev–Trinajstić information content (AvgIpc) is 2.56. The lowest BCUT2D eigenvalue weighted by molar-refractivity contribution is -0.147. The molecule has 1 fully saturated rings. The fourth-order valence-corrected chi connectivity index (χ4v) is 3.60. The number of unbranched alkanes of at least 4 members (excludes halogenated alkanes) is 1. The molecule has 0 spiro atoms. The van der Waals surface area contributed by atoms with Crippen molar-refractivity contribution in [3.05, 3.63) is 35.9 Å². The second kappa shape index (κ2) is 8.51. The van der Waals surface area contributed by atoms with Crippen LogP contribution in [-0.2, 0) is 11.3 Å². The summed E-state index contributed by atoms with van der Waals surface area (Å²) in [6, 6.07) is 10.4. The zero-order valence-electron chi connectivity index (χ0n) is 14.2. The van der Waals surface area contributed by atoms with E-state index in [-0.39, 0.29) is 5.92 Å². The molecule has 0 aliphatic carbocycles. The summed E-state index contributed by atoms with van der Waals surface area (Å²) >= 11 is 0. The van der Waals surface area contributed by atoms with Gasteiger partial charge in [0.25, 0.3) is 0 Å². The van der Waals surface area contributed by atoms with Crippen LogP contribution in [0.15, 0.2) is 30.3 Å². The molecule has 2 rings (SSSR count). The van der Waals surface area contributed by atoms with E-state index in [4.69, 9.17) is 5.73 Å². The van der Waals surface area contributed by atoms with Crippen molar-refractivity contribution in [1.82, 2.24) is 4.90 Å². The van der Waals surface area contributed by atoms with Crippen molar-refractivity contribution < 1.29 is 9.90 Å². The fraction of sp³-hybridized carbons (Fsp3) is 0.611. The SMILES string of the molecule is BCCCC[C@](N)(C(=O)O)C1CCN(Cc2ccccc2)CC1. The number of nitrogens with zero attached hydrogens (tertiary/aromatic N) is 1. The zero-order valence-corrected chi connectivity index (χ0v) is 14.2. The van der Waals surface area contributed by atoms with E-state index in [2.05, 4.69) is 37.0 Å². The van der Waals surface area contributed by atoms with Crippen LogP contribution in [0.1, 0.15) is 37.7 Å². The van der Waals surface area contributed by atoms with Crippen molar-refractivity contribution in [2.45, 2.75) is 50.5 Å². The van der Waals surface area contributed by atoms with Crippen molar-refractivity contribution in [3.8, 4) is 0 Å². The first-order chi connectivity index (χ1) is 11.1. The Bertz CT molecular complexity index is 489. The number of carboxylic acids is 1. The van der Waals surface area contributed by atoms with Crippen LogP contribution in [0.4, 0.5) is 0 Å². The molecule has 1 aliphatic rings. The number of likely N-dealkylation sites (tertiary alicyclic amines) is 1. The normalized spacial score (nSPS) is 19.3. The standard InChI is InChI=1S/C18H29BN2O2/c19-11-5-4-10-18(20,17(22)23)16-8-12-21(13-9-16)14-15-6-2-1-3-7-15/h1-3,6-7,16H,4-5,8-14,19-20H2,(H,22,23)/t18-/m1/s1. The topological polar surface area (TPSA) is 66.6 Å². The van der Waals surface area contributed by atoms with E-state index in [1.807, 2.05) is 6.07 Å². The fourth-order valence-electron chi connectivity index (χ4n) is 3.60. The number of hydrogen-bond donors (Lipinski definition) is 2. The van der Waals surface area contributed by atoms with E-state index < -0.39 is 11.5 Å². The Morgan fingerprint density at radius 1 is 1.26 bits per heavy atom. The first-order valence-electron chi connectivity index (χ1n) is 8.85. The first-order valence-corrected chi connectivity index (χ1v) is 8.85. The Morgan fingerprint density at radius 3 is 2.48 bits per heavy atom. The van der Waals surface area contributed by atoms with E-state index in [1.165, 1.54) is 5.56 Å². The zero-order chi connectivity index (χ0) is 16.7. The van der Waals surface area contributed by atoms with Gasteiger partial charge in [0.2, 0.25) is 0 Å². The molecule has 5 heteroatoms. The number of benzene rings is 1. The van der Waals surface area contributed by atoms with Crippen molar-refractivity contribution in [1.29, 1.82) is 0 Å². The molecule has 1 atom stereocenters. The lowest BCUT2D eigenvalue weighted by atomic mass is 9.75. The molecule has 0 bridgehead atoms. The second-order valence-corrected chi connectivity index (χ2v) is 6.84. The second-order valence-electron chi connectivity index (χ2n) is 6.84. The summed E-state index contributed by atoms with van der Waals surface area (Å²) in [5, 5.41) is 9.65. The molecule has 1 saturated heterocycles. The maximum absolute atomic E-state index is 11.7. The highest BCUT2D eigenvalue weighted by molar-refractivity contribution is 6.08.